The van der Waals surface area contributed by atoms with Gasteiger partial charge in [-0.1, -0.05) is 35.9 Å². The largest absolute Gasteiger partial charge is 0.482 e. The van der Waals surface area contributed by atoms with E-state index in [1.165, 1.54) is 15.6 Å². The number of carbonyl (C=O) groups is 1. The van der Waals surface area contributed by atoms with Crippen LogP contribution in [-0.2, 0) is 14.8 Å². The zero-order valence-electron chi connectivity index (χ0n) is 16.5. The Morgan fingerprint density at radius 3 is 2.55 bits per heavy atom. The van der Waals surface area contributed by atoms with Gasteiger partial charge in [0.2, 0.25) is 10.0 Å². The maximum absolute atomic E-state index is 12.6. The number of benzene rings is 2. The number of thiazole rings is 1. The lowest BCUT2D eigenvalue weighted by Crippen LogP contribution is -2.27. The van der Waals surface area contributed by atoms with Crippen LogP contribution in [0.15, 0.2) is 58.8 Å². The molecule has 2 aromatic carbocycles. The summed E-state index contributed by atoms with van der Waals surface area (Å²) >= 11 is 7.28. The minimum absolute atomic E-state index is 0.193. The molecule has 31 heavy (non-hydrogen) atoms. The third kappa shape index (κ3) is 5.07. The summed E-state index contributed by atoms with van der Waals surface area (Å²) in [5.41, 5.74) is 1.42. The van der Waals surface area contributed by atoms with Crippen molar-refractivity contribution in [1.29, 1.82) is 0 Å². The smallest absolute Gasteiger partial charge is 0.264 e. The van der Waals surface area contributed by atoms with Crippen molar-refractivity contribution in [3.8, 4) is 17.0 Å². The molecule has 1 saturated heterocycles. The van der Waals surface area contributed by atoms with Crippen molar-refractivity contribution in [2.45, 2.75) is 17.7 Å². The monoisotopic (exact) mass is 477 g/mol. The summed E-state index contributed by atoms with van der Waals surface area (Å²) in [5.74, 6) is 0.0796. The van der Waals surface area contributed by atoms with Crippen LogP contribution in [0.2, 0.25) is 5.02 Å². The maximum Gasteiger partial charge on any atom is 0.264 e. The third-order valence-corrected chi connectivity index (χ3v) is 7.78. The molecule has 4 rings (SSSR count). The second kappa shape index (κ2) is 9.35. The van der Waals surface area contributed by atoms with E-state index in [-0.39, 0.29) is 17.4 Å². The van der Waals surface area contributed by atoms with Gasteiger partial charge in [0.25, 0.3) is 5.91 Å². The highest BCUT2D eigenvalue weighted by Gasteiger charge is 2.27. The molecule has 10 heteroatoms. The molecule has 0 unspecified atom stereocenters. The van der Waals surface area contributed by atoms with Gasteiger partial charge in [0, 0.05) is 24.0 Å². The number of nitrogens with one attached hydrogen (secondary N) is 1. The molecule has 0 radical (unpaired) electrons. The van der Waals surface area contributed by atoms with Gasteiger partial charge in [-0.25, -0.2) is 13.4 Å². The number of nitrogens with zero attached hydrogens (tertiary/aromatic N) is 2. The Balaban J connectivity index is 1.38. The van der Waals surface area contributed by atoms with Gasteiger partial charge in [-0.05, 0) is 37.1 Å². The third-order valence-electron chi connectivity index (χ3n) is 4.80. The summed E-state index contributed by atoms with van der Waals surface area (Å²) in [5, 5.41) is 5.35. The predicted octanol–water partition coefficient (Wildman–Crippen LogP) is 4.27. The van der Waals surface area contributed by atoms with E-state index in [0.717, 1.165) is 18.4 Å². The van der Waals surface area contributed by atoms with E-state index in [1.807, 2.05) is 0 Å². The Kier molecular flexibility index (Phi) is 6.57. The minimum atomic E-state index is -3.45. The lowest BCUT2D eigenvalue weighted by Gasteiger charge is -2.15. The lowest BCUT2D eigenvalue weighted by molar-refractivity contribution is -0.118. The summed E-state index contributed by atoms with van der Waals surface area (Å²) in [6.45, 7) is 0.945. The van der Waals surface area contributed by atoms with Crippen molar-refractivity contribution in [2.75, 3.05) is 25.0 Å². The molecule has 7 nitrogen and oxygen atoms in total. The first kappa shape index (κ1) is 21.8. The van der Waals surface area contributed by atoms with Crippen molar-refractivity contribution in [2.24, 2.45) is 0 Å². The van der Waals surface area contributed by atoms with E-state index in [1.54, 1.807) is 53.9 Å². The Labute approximate surface area is 189 Å². The Bertz CT molecular complexity index is 1170. The number of hydrogen-bond donors (Lipinski definition) is 1. The van der Waals surface area contributed by atoms with Gasteiger partial charge in [-0.2, -0.15) is 4.31 Å². The van der Waals surface area contributed by atoms with Crippen LogP contribution < -0.4 is 10.1 Å². The first-order chi connectivity index (χ1) is 14.9. The number of ether oxygens (including phenoxy) is 1. The molecule has 0 aliphatic carbocycles. The molecule has 3 aromatic rings. The van der Waals surface area contributed by atoms with Gasteiger partial charge in [0.1, 0.15) is 5.75 Å². The van der Waals surface area contributed by atoms with Crippen LogP contribution >= 0.6 is 22.9 Å². The maximum atomic E-state index is 12.6. The van der Waals surface area contributed by atoms with E-state index in [2.05, 4.69) is 10.3 Å². The van der Waals surface area contributed by atoms with Gasteiger partial charge in [0.05, 0.1) is 15.6 Å². The summed E-state index contributed by atoms with van der Waals surface area (Å²) in [7, 11) is -3.45. The topological polar surface area (TPSA) is 88.6 Å². The molecule has 1 aliphatic rings. The fourth-order valence-corrected chi connectivity index (χ4v) is 5.64. The Morgan fingerprint density at radius 1 is 1.13 bits per heavy atom. The molecule has 0 atom stereocenters. The van der Waals surface area contributed by atoms with Gasteiger partial charge >= 0.3 is 0 Å². The number of carbonyl (C=O) groups excluding carboxylic acids is 1. The molecule has 1 aliphatic heterocycles. The van der Waals surface area contributed by atoms with Gasteiger partial charge in [0.15, 0.2) is 11.7 Å². The minimum Gasteiger partial charge on any atom is -0.482 e. The summed E-state index contributed by atoms with van der Waals surface area (Å²) < 4.78 is 32.2. The number of para-hydroxylation sites is 1. The zero-order chi connectivity index (χ0) is 21.8. The lowest BCUT2D eigenvalue weighted by atomic mass is 10.2. The van der Waals surface area contributed by atoms with Crippen LogP contribution in [0.4, 0.5) is 5.13 Å². The number of amides is 1. The average Bonchev–Trinajstić information content (AvgIpc) is 3.46. The molecular weight excluding hydrogens is 458 g/mol. The highest BCUT2D eigenvalue weighted by molar-refractivity contribution is 7.89. The SMILES string of the molecule is O=C(COc1ccccc1Cl)Nc1nc(-c2ccc(S(=O)(=O)N3CCCC3)cc2)cs1. The molecule has 0 bridgehead atoms. The highest BCUT2D eigenvalue weighted by atomic mass is 35.5. The summed E-state index contributed by atoms with van der Waals surface area (Å²) in [6.07, 6.45) is 1.79. The first-order valence-corrected chi connectivity index (χ1v) is 12.4. The van der Waals surface area contributed by atoms with Crippen LogP contribution in [0.25, 0.3) is 11.3 Å². The Hall–Kier alpha value is -2.46. The molecule has 1 N–H and O–H groups in total. The standard InChI is InChI=1S/C21H20ClN3O4S2/c22-17-5-1-2-6-19(17)29-13-20(26)24-21-23-18(14-30-21)15-7-9-16(10-8-15)31(27,28)25-11-3-4-12-25/h1-2,5-10,14H,3-4,11-13H2,(H,23,24,26). The Morgan fingerprint density at radius 2 is 1.84 bits per heavy atom. The van der Waals surface area contributed by atoms with E-state index in [9.17, 15) is 13.2 Å². The summed E-state index contributed by atoms with van der Waals surface area (Å²) in [4.78, 5) is 16.8. The molecular formula is C21H20ClN3O4S2. The summed E-state index contributed by atoms with van der Waals surface area (Å²) in [6, 6.07) is 13.6. The number of hydrogen-bond acceptors (Lipinski definition) is 6. The van der Waals surface area contributed by atoms with Crippen molar-refractivity contribution in [3.63, 3.8) is 0 Å². The highest BCUT2D eigenvalue weighted by Crippen LogP contribution is 2.28. The fourth-order valence-electron chi connectivity index (χ4n) is 3.20. The number of sulfonamides is 1. The van der Waals surface area contributed by atoms with Crippen molar-refractivity contribution in [3.05, 3.63) is 58.9 Å². The van der Waals surface area contributed by atoms with Crippen LogP contribution in [0.3, 0.4) is 0 Å². The molecule has 162 valence electrons. The molecule has 0 spiro atoms. The van der Waals surface area contributed by atoms with Crippen molar-refractivity contribution in [1.82, 2.24) is 9.29 Å². The predicted molar refractivity (Wildman–Crippen MR) is 121 cm³/mol. The molecule has 1 amide bonds. The quantitative estimate of drug-likeness (QED) is 0.549. The van der Waals surface area contributed by atoms with Crippen molar-refractivity contribution < 1.29 is 17.9 Å². The molecule has 0 saturated carbocycles. The van der Waals surface area contributed by atoms with E-state index in [4.69, 9.17) is 16.3 Å². The average molecular weight is 478 g/mol. The van der Waals surface area contributed by atoms with Crippen LogP contribution in [0.1, 0.15) is 12.8 Å². The second-order valence-corrected chi connectivity index (χ2v) is 10.1. The molecule has 1 fully saturated rings. The van der Waals surface area contributed by atoms with E-state index >= 15 is 0 Å². The van der Waals surface area contributed by atoms with E-state index in [0.29, 0.717) is 34.7 Å². The van der Waals surface area contributed by atoms with Crippen LogP contribution in [0, 0.1) is 0 Å². The fraction of sp³-hybridized carbons (Fsp3) is 0.238. The van der Waals surface area contributed by atoms with Gasteiger partial charge in [-0.15, -0.1) is 11.3 Å². The first-order valence-electron chi connectivity index (χ1n) is 9.67. The second-order valence-electron chi connectivity index (χ2n) is 6.94. The molecule has 2 heterocycles. The zero-order valence-corrected chi connectivity index (χ0v) is 18.8. The van der Waals surface area contributed by atoms with Crippen LogP contribution in [-0.4, -0.2) is 43.3 Å². The van der Waals surface area contributed by atoms with Crippen LogP contribution in [0.5, 0.6) is 5.75 Å². The van der Waals surface area contributed by atoms with Gasteiger partial charge in [-0.3, -0.25) is 10.1 Å². The number of halogens is 1. The molecule has 1 aromatic heterocycles. The van der Waals surface area contributed by atoms with Gasteiger partial charge < -0.3 is 4.74 Å². The van der Waals surface area contributed by atoms with E-state index < -0.39 is 10.0 Å². The number of rotatable bonds is 7. The number of anilines is 1. The number of aromatic nitrogens is 1. The normalized spacial score (nSPS) is 14.5. The van der Waals surface area contributed by atoms with Crippen molar-refractivity contribution >= 4 is 44.0 Å².